The molecular weight excluding hydrogens is 560 g/mol. The number of hydrogen-bond donors (Lipinski definition) is 0. The minimum atomic E-state index is 0.112. The summed E-state index contributed by atoms with van der Waals surface area (Å²) in [5.74, 6) is 0. The first-order valence-corrected chi connectivity index (χ1v) is 15.9. The van der Waals surface area contributed by atoms with Gasteiger partial charge in [-0.1, -0.05) is 85.9 Å². The number of hydrogen-bond acceptors (Lipinski definition) is 0. The van der Waals surface area contributed by atoms with E-state index in [2.05, 4.69) is 138 Å². The zero-order valence-electron chi connectivity index (χ0n) is 24.6. The van der Waals surface area contributed by atoms with Gasteiger partial charge in [0, 0.05) is 0 Å². The van der Waals surface area contributed by atoms with E-state index in [9.17, 15) is 0 Å². The molecule has 3 aliphatic rings. The van der Waals surface area contributed by atoms with Gasteiger partial charge in [-0.05, 0) is 38.0 Å². The van der Waals surface area contributed by atoms with Crippen molar-refractivity contribution in [1.29, 1.82) is 0 Å². The second kappa shape index (κ2) is 12.3. The Bertz CT molecular complexity index is 1630. The van der Waals surface area contributed by atoms with Crippen molar-refractivity contribution in [3.05, 3.63) is 152 Å². The molecule has 40 heavy (non-hydrogen) atoms. The summed E-state index contributed by atoms with van der Waals surface area (Å²) in [7, 11) is 0. The molecule has 1 heteroatoms. The van der Waals surface area contributed by atoms with Crippen LogP contribution < -0.4 is 10.4 Å². The van der Waals surface area contributed by atoms with E-state index in [0.29, 0.717) is 0 Å². The van der Waals surface area contributed by atoms with Crippen LogP contribution in [0.15, 0.2) is 125 Å². The van der Waals surface area contributed by atoms with Gasteiger partial charge in [-0.3, -0.25) is 0 Å². The Hall–Kier alpha value is -2.89. The molecule has 0 bridgehead atoms. The standard InChI is InChI=1S/C26H29.C13H10.Zr/c1-6-20-23(7-2)26(5,8-3)25(18-11-9-10-12-18)22-16-19-15-17(4)13-14-21(19)24(20)22;1-3-7-12(8-4-1)11-13-9-5-2-6-10-13;/h9-11,13-15H,6-8,12H2,1-5H3;1-10H;/q-1;;. The second-order valence-electron chi connectivity index (χ2n) is 11.1. The van der Waals surface area contributed by atoms with E-state index in [1.807, 2.05) is 0 Å². The number of rotatable bonds is 6. The SMILES string of the molecule is CCC1=C(CC)C(C)(CC)C(C2=CC=CC2)=C2[C-]=c3cc(C)ccc3=C21.[Zr]=[C](c1ccccc1)c1ccccc1. The fourth-order valence-corrected chi connectivity index (χ4v) is 7.45. The molecule has 3 aromatic carbocycles. The molecule has 0 fully saturated rings. The zero-order valence-corrected chi connectivity index (χ0v) is 27.0. The third-order valence-corrected chi connectivity index (χ3v) is 10.1. The summed E-state index contributed by atoms with van der Waals surface area (Å²) in [6.45, 7) is 11.7. The fraction of sp³-hybridized carbons (Fsp3) is 0.256. The molecule has 0 aliphatic heterocycles. The van der Waals surface area contributed by atoms with Crippen molar-refractivity contribution in [3.63, 3.8) is 0 Å². The van der Waals surface area contributed by atoms with Gasteiger partial charge in [0.05, 0.1) is 0 Å². The van der Waals surface area contributed by atoms with Gasteiger partial charge in [-0.2, -0.15) is 0 Å². The first-order valence-electron chi connectivity index (χ1n) is 14.7. The average molecular weight is 599 g/mol. The van der Waals surface area contributed by atoms with Crippen molar-refractivity contribution in [2.75, 3.05) is 0 Å². The van der Waals surface area contributed by atoms with Gasteiger partial charge < -0.3 is 0 Å². The van der Waals surface area contributed by atoms with E-state index in [1.54, 1.807) is 11.1 Å². The molecule has 0 nitrogen and oxygen atoms in total. The van der Waals surface area contributed by atoms with Crippen molar-refractivity contribution in [1.82, 2.24) is 0 Å². The van der Waals surface area contributed by atoms with E-state index in [4.69, 9.17) is 0 Å². The molecule has 0 amide bonds. The first-order chi connectivity index (χ1) is 19.4. The maximum absolute atomic E-state index is 3.84. The molecule has 200 valence electrons. The Balaban J connectivity index is 0.000000194. The van der Waals surface area contributed by atoms with Gasteiger partial charge in [0.2, 0.25) is 0 Å². The van der Waals surface area contributed by atoms with Crippen molar-refractivity contribution in [2.45, 2.75) is 60.3 Å². The molecule has 0 saturated heterocycles. The van der Waals surface area contributed by atoms with Crippen LogP contribution in [0, 0.1) is 12.3 Å². The Morgan fingerprint density at radius 2 is 1.52 bits per heavy atom. The van der Waals surface area contributed by atoms with Crippen LogP contribution >= 0.6 is 0 Å². The van der Waals surface area contributed by atoms with Crippen molar-refractivity contribution in [3.8, 4) is 0 Å². The van der Waals surface area contributed by atoms with E-state index in [1.165, 1.54) is 76.9 Å². The number of benzene rings is 3. The minimum absolute atomic E-state index is 0.112. The molecule has 0 N–H and O–H groups in total. The zero-order chi connectivity index (χ0) is 28.3. The van der Waals surface area contributed by atoms with E-state index in [0.717, 1.165) is 25.7 Å². The molecule has 3 aliphatic carbocycles. The van der Waals surface area contributed by atoms with Crippen LogP contribution in [0.25, 0.3) is 11.6 Å². The van der Waals surface area contributed by atoms with E-state index < -0.39 is 0 Å². The van der Waals surface area contributed by atoms with Crippen LogP contribution in [0.3, 0.4) is 0 Å². The molecule has 0 radical (unpaired) electrons. The molecular formula is C39H39Zr-. The maximum atomic E-state index is 3.84. The Morgan fingerprint density at radius 3 is 2.05 bits per heavy atom. The fourth-order valence-electron chi connectivity index (χ4n) is 6.63. The molecule has 0 spiro atoms. The van der Waals surface area contributed by atoms with Crippen LogP contribution in [-0.2, 0) is 24.2 Å². The first kappa shape index (κ1) is 28.6. The number of fused-ring (bicyclic) bond motifs is 2. The quantitative estimate of drug-likeness (QED) is 0.250. The van der Waals surface area contributed by atoms with Gasteiger partial charge in [-0.15, -0.1) is 33.7 Å². The van der Waals surface area contributed by atoms with Crippen molar-refractivity contribution in [2.24, 2.45) is 5.41 Å². The Morgan fingerprint density at radius 1 is 0.875 bits per heavy atom. The van der Waals surface area contributed by atoms with Gasteiger partial charge in [-0.25, -0.2) is 0 Å². The average Bonchev–Trinajstić information content (AvgIpc) is 3.65. The molecule has 0 saturated carbocycles. The third kappa shape index (κ3) is 5.26. The van der Waals surface area contributed by atoms with Crippen LogP contribution in [0.2, 0.25) is 0 Å². The monoisotopic (exact) mass is 597 g/mol. The molecule has 1 atom stereocenters. The summed E-state index contributed by atoms with van der Waals surface area (Å²) in [6.07, 6.45) is 15.1. The normalized spacial score (nSPS) is 19.0. The van der Waals surface area contributed by atoms with Gasteiger partial charge in [0.1, 0.15) is 0 Å². The van der Waals surface area contributed by atoms with Gasteiger partial charge in [0.25, 0.3) is 0 Å². The van der Waals surface area contributed by atoms with E-state index >= 15 is 0 Å². The Kier molecular flexibility index (Phi) is 8.82. The predicted octanol–water partition coefficient (Wildman–Crippen LogP) is 8.35. The summed E-state index contributed by atoms with van der Waals surface area (Å²) in [5.41, 5.74) is 13.1. The van der Waals surface area contributed by atoms with E-state index in [-0.39, 0.29) is 5.41 Å². The summed E-state index contributed by atoms with van der Waals surface area (Å²) in [4.78, 5) is 0. The van der Waals surface area contributed by atoms with Gasteiger partial charge >= 0.3 is 99.2 Å². The summed E-state index contributed by atoms with van der Waals surface area (Å²) >= 11 is 1.46. The predicted molar refractivity (Wildman–Crippen MR) is 168 cm³/mol. The van der Waals surface area contributed by atoms with Crippen molar-refractivity contribution < 1.29 is 24.2 Å². The summed E-state index contributed by atoms with van der Waals surface area (Å²) in [6, 6.07) is 28.0. The molecule has 6 rings (SSSR count). The number of allylic oxidation sites excluding steroid dienone is 8. The van der Waals surface area contributed by atoms with Gasteiger partial charge in [0.15, 0.2) is 0 Å². The second-order valence-corrected chi connectivity index (χ2v) is 12.3. The third-order valence-electron chi connectivity index (χ3n) is 8.72. The molecule has 3 aromatic rings. The molecule has 0 aromatic heterocycles. The molecule has 1 unspecified atom stereocenters. The summed E-state index contributed by atoms with van der Waals surface area (Å²) < 4.78 is 1.42. The van der Waals surface area contributed by atoms with Crippen LogP contribution in [-0.4, -0.2) is 3.21 Å². The number of aryl methyl sites for hydroxylation is 1. The Labute approximate surface area is 255 Å². The van der Waals surface area contributed by atoms with Crippen molar-refractivity contribution >= 4 is 14.9 Å². The van der Waals surface area contributed by atoms with Crippen LogP contribution in [0.1, 0.15) is 70.1 Å². The topological polar surface area (TPSA) is 0 Å². The summed E-state index contributed by atoms with van der Waals surface area (Å²) in [5, 5.41) is 2.66. The van der Waals surface area contributed by atoms with Crippen LogP contribution in [0.4, 0.5) is 0 Å². The molecule has 0 heterocycles. The van der Waals surface area contributed by atoms with Crippen LogP contribution in [0.5, 0.6) is 0 Å².